The Morgan fingerprint density at radius 2 is 2.19 bits per heavy atom. The number of aliphatic hydroxyl groups is 2. The molecule has 1 aromatic heterocycles. The maximum Gasteiger partial charge on any atom is 0.254 e. The zero-order valence-corrected chi connectivity index (χ0v) is 12.3. The molecule has 0 spiro atoms. The van der Waals surface area contributed by atoms with Crippen LogP contribution in [0.25, 0.3) is 0 Å². The fourth-order valence-corrected chi connectivity index (χ4v) is 2.64. The molecule has 2 heterocycles. The quantitative estimate of drug-likeness (QED) is 0.672. The molecule has 1 fully saturated rings. The molecular weight excluding hydrogens is 274 g/mol. The van der Waals surface area contributed by atoms with Gasteiger partial charge in [-0.2, -0.15) is 0 Å². The van der Waals surface area contributed by atoms with Gasteiger partial charge in [-0.1, -0.05) is 0 Å². The summed E-state index contributed by atoms with van der Waals surface area (Å²) in [5.41, 5.74) is 0.624. The smallest absolute Gasteiger partial charge is 0.254 e. The number of aromatic amines is 1. The average molecular weight is 295 g/mol. The van der Waals surface area contributed by atoms with E-state index >= 15 is 0 Å². The van der Waals surface area contributed by atoms with Crippen molar-refractivity contribution in [2.24, 2.45) is 5.92 Å². The standard InChI is InChI=1S/C14H21N3O4/c1-8-11(14(21)16-9(2)15-8)5-13(20)17-4-3-10(7-18)12(19)6-17/h10,12,18-19H,3-7H2,1-2H3,(H,15,16,21)/t10-,12+/m1/s1. The molecule has 1 aromatic rings. The largest absolute Gasteiger partial charge is 0.396 e. The van der Waals surface area contributed by atoms with Crippen molar-refractivity contribution in [3.8, 4) is 0 Å². The zero-order valence-electron chi connectivity index (χ0n) is 12.3. The van der Waals surface area contributed by atoms with Crippen LogP contribution in [-0.2, 0) is 11.2 Å². The van der Waals surface area contributed by atoms with Crippen LogP contribution in [0.2, 0.25) is 0 Å². The number of nitrogens with zero attached hydrogens (tertiary/aromatic N) is 2. The Kier molecular flexibility index (Phi) is 4.74. The van der Waals surface area contributed by atoms with Crippen molar-refractivity contribution in [1.29, 1.82) is 0 Å². The third-order valence-electron chi connectivity index (χ3n) is 3.98. The first-order valence-electron chi connectivity index (χ1n) is 7.05. The van der Waals surface area contributed by atoms with E-state index in [0.29, 0.717) is 30.0 Å². The molecule has 2 rings (SSSR count). The molecule has 1 aliphatic rings. The third kappa shape index (κ3) is 3.48. The highest BCUT2D eigenvalue weighted by Gasteiger charge is 2.30. The van der Waals surface area contributed by atoms with Gasteiger partial charge in [0.25, 0.3) is 5.56 Å². The van der Waals surface area contributed by atoms with Crippen molar-refractivity contribution in [2.75, 3.05) is 19.7 Å². The first-order chi connectivity index (χ1) is 9.92. The van der Waals surface area contributed by atoms with Gasteiger partial charge in [0.1, 0.15) is 5.82 Å². The molecule has 2 atom stereocenters. The van der Waals surface area contributed by atoms with Crippen LogP contribution in [0.4, 0.5) is 0 Å². The Bertz CT molecular complexity index is 584. The summed E-state index contributed by atoms with van der Waals surface area (Å²) in [6.45, 7) is 4.00. The van der Waals surface area contributed by atoms with Crippen molar-refractivity contribution in [3.05, 3.63) is 27.4 Å². The van der Waals surface area contributed by atoms with Crippen LogP contribution in [0.15, 0.2) is 4.79 Å². The highest BCUT2D eigenvalue weighted by Crippen LogP contribution is 2.18. The van der Waals surface area contributed by atoms with Crippen molar-refractivity contribution < 1.29 is 15.0 Å². The number of aryl methyl sites for hydroxylation is 2. The Hall–Kier alpha value is -1.73. The lowest BCUT2D eigenvalue weighted by molar-refractivity contribution is -0.135. The second kappa shape index (κ2) is 6.36. The van der Waals surface area contributed by atoms with E-state index in [4.69, 9.17) is 5.11 Å². The van der Waals surface area contributed by atoms with Gasteiger partial charge < -0.3 is 20.1 Å². The predicted octanol–water partition coefficient (Wildman–Crippen LogP) is -0.869. The summed E-state index contributed by atoms with van der Waals surface area (Å²) < 4.78 is 0. The Morgan fingerprint density at radius 1 is 1.48 bits per heavy atom. The molecule has 0 unspecified atom stereocenters. The van der Waals surface area contributed by atoms with Crippen LogP contribution < -0.4 is 5.56 Å². The van der Waals surface area contributed by atoms with Crippen LogP contribution >= 0.6 is 0 Å². The molecule has 116 valence electrons. The maximum atomic E-state index is 12.3. The molecule has 21 heavy (non-hydrogen) atoms. The zero-order chi connectivity index (χ0) is 15.6. The van der Waals surface area contributed by atoms with Gasteiger partial charge in [-0.3, -0.25) is 9.59 Å². The number of H-pyrrole nitrogens is 1. The van der Waals surface area contributed by atoms with E-state index in [-0.39, 0.29) is 37.0 Å². The van der Waals surface area contributed by atoms with Crippen molar-refractivity contribution >= 4 is 5.91 Å². The van der Waals surface area contributed by atoms with Gasteiger partial charge in [-0.15, -0.1) is 0 Å². The Morgan fingerprint density at radius 3 is 2.76 bits per heavy atom. The minimum absolute atomic E-state index is 0.0229. The number of hydrogen-bond acceptors (Lipinski definition) is 5. The summed E-state index contributed by atoms with van der Waals surface area (Å²) in [7, 11) is 0. The molecule has 1 amide bonds. The van der Waals surface area contributed by atoms with Gasteiger partial charge in [0, 0.05) is 36.9 Å². The number of hydrogen-bond donors (Lipinski definition) is 3. The summed E-state index contributed by atoms with van der Waals surface area (Å²) in [5.74, 6) is 0.137. The average Bonchev–Trinajstić information content (AvgIpc) is 2.42. The minimum atomic E-state index is -0.719. The summed E-state index contributed by atoms with van der Waals surface area (Å²) in [6, 6.07) is 0. The van der Waals surface area contributed by atoms with Crippen LogP contribution in [0.3, 0.4) is 0 Å². The van der Waals surface area contributed by atoms with Gasteiger partial charge in [-0.25, -0.2) is 4.98 Å². The molecular formula is C14H21N3O4. The highest BCUT2D eigenvalue weighted by atomic mass is 16.3. The van der Waals surface area contributed by atoms with E-state index < -0.39 is 6.10 Å². The van der Waals surface area contributed by atoms with E-state index in [2.05, 4.69) is 9.97 Å². The molecule has 0 saturated carbocycles. The van der Waals surface area contributed by atoms with Gasteiger partial charge in [0.05, 0.1) is 12.5 Å². The second-order valence-corrected chi connectivity index (χ2v) is 5.53. The topological polar surface area (TPSA) is 107 Å². The lowest BCUT2D eigenvalue weighted by atomic mass is 9.94. The van der Waals surface area contributed by atoms with Crippen LogP contribution in [0.1, 0.15) is 23.5 Å². The summed E-state index contributed by atoms with van der Waals surface area (Å²) >= 11 is 0. The van der Waals surface area contributed by atoms with Crippen molar-refractivity contribution in [1.82, 2.24) is 14.9 Å². The van der Waals surface area contributed by atoms with Crippen molar-refractivity contribution in [2.45, 2.75) is 32.8 Å². The van der Waals surface area contributed by atoms with E-state index in [1.807, 2.05) is 0 Å². The third-order valence-corrected chi connectivity index (χ3v) is 3.98. The number of piperidine rings is 1. The number of aromatic nitrogens is 2. The molecule has 0 aromatic carbocycles. The molecule has 7 nitrogen and oxygen atoms in total. The van der Waals surface area contributed by atoms with E-state index in [1.54, 1.807) is 13.8 Å². The Balaban J connectivity index is 2.08. The molecule has 0 radical (unpaired) electrons. The first-order valence-corrected chi connectivity index (χ1v) is 7.05. The molecule has 3 N–H and O–H groups in total. The summed E-state index contributed by atoms with van der Waals surface area (Å²) in [5, 5.41) is 19.0. The summed E-state index contributed by atoms with van der Waals surface area (Å²) in [4.78, 5) is 32.5. The van der Waals surface area contributed by atoms with Crippen LogP contribution in [0, 0.1) is 19.8 Å². The van der Waals surface area contributed by atoms with E-state index in [9.17, 15) is 14.7 Å². The lowest BCUT2D eigenvalue weighted by Crippen LogP contribution is -2.48. The maximum absolute atomic E-state index is 12.3. The highest BCUT2D eigenvalue weighted by molar-refractivity contribution is 5.79. The molecule has 7 heteroatoms. The van der Waals surface area contributed by atoms with E-state index in [1.165, 1.54) is 4.90 Å². The van der Waals surface area contributed by atoms with Gasteiger partial charge in [-0.05, 0) is 20.3 Å². The predicted molar refractivity (Wildman–Crippen MR) is 75.8 cm³/mol. The first kappa shape index (κ1) is 15.7. The van der Waals surface area contributed by atoms with Gasteiger partial charge >= 0.3 is 0 Å². The number of β-amino-alcohol motifs (C(OH)–C–C–N with tert-alkyl or cyclic N) is 1. The van der Waals surface area contributed by atoms with Crippen molar-refractivity contribution in [3.63, 3.8) is 0 Å². The fourth-order valence-electron chi connectivity index (χ4n) is 2.64. The monoisotopic (exact) mass is 295 g/mol. The molecule has 1 aliphatic heterocycles. The number of amides is 1. The van der Waals surface area contributed by atoms with Gasteiger partial charge in [0.2, 0.25) is 5.91 Å². The second-order valence-electron chi connectivity index (χ2n) is 5.53. The number of aliphatic hydroxyl groups excluding tert-OH is 2. The minimum Gasteiger partial charge on any atom is -0.396 e. The fraction of sp³-hybridized carbons (Fsp3) is 0.643. The van der Waals surface area contributed by atoms with Gasteiger partial charge in [0.15, 0.2) is 0 Å². The number of nitrogens with one attached hydrogen (secondary N) is 1. The summed E-state index contributed by atoms with van der Waals surface area (Å²) in [6.07, 6.45) is -0.182. The number of likely N-dealkylation sites (tertiary alicyclic amines) is 1. The Labute approximate surface area is 122 Å². The van der Waals surface area contributed by atoms with E-state index in [0.717, 1.165) is 0 Å². The lowest BCUT2D eigenvalue weighted by Gasteiger charge is -2.35. The molecule has 0 bridgehead atoms. The SMILES string of the molecule is Cc1nc(C)c(CC(=O)N2CC[C@H](CO)[C@@H](O)C2)c(=O)[nH]1. The van der Waals surface area contributed by atoms with Crippen LogP contribution in [-0.4, -0.2) is 56.8 Å². The van der Waals surface area contributed by atoms with Crippen LogP contribution in [0.5, 0.6) is 0 Å². The molecule has 0 aliphatic carbocycles. The normalized spacial score (nSPS) is 22.4. The number of carbonyl (C=O) groups excluding carboxylic acids is 1. The number of carbonyl (C=O) groups is 1. The molecule has 1 saturated heterocycles. The number of rotatable bonds is 3.